The lowest BCUT2D eigenvalue weighted by Crippen LogP contribution is -2.25. The number of hydrogen-bond donors (Lipinski definition) is 0. The van der Waals surface area contributed by atoms with Gasteiger partial charge in [-0.3, -0.25) is 0 Å². The van der Waals surface area contributed by atoms with Crippen LogP contribution in [0.2, 0.25) is 39.3 Å². The quantitative estimate of drug-likeness (QED) is 0.396. The molecule has 0 heterocycles. The van der Waals surface area contributed by atoms with Gasteiger partial charge < -0.3 is 8.85 Å². The predicted molar refractivity (Wildman–Crippen MR) is 85.5 cm³/mol. The summed E-state index contributed by atoms with van der Waals surface area (Å²) in [6.07, 6.45) is 5.92. The van der Waals surface area contributed by atoms with E-state index in [2.05, 4.69) is 66.1 Å². The first kappa shape index (κ1) is 17.5. The van der Waals surface area contributed by atoms with Gasteiger partial charge in [0.25, 0.3) is 0 Å². The SMILES string of the molecule is CC(C)(C)/C=C(\C=C\O[Si](C)(C)C)O[Si](C)(C)C. The first-order valence-corrected chi connectivity index (χ1v) is 13.4. The highest BCUT2D eigenvalue weighted by Crippen LogP contribution is 2.21. The Morgan fingerprint density at radius 2 is 1.39 bits per heavy atom. The molecule has 0 unspecified atom stereocenters. The van der Waals surface area contributed by atoms with E-state index in [4.69, 9.17) is 8.85 Å². The summed E-state index contributed by atoms with van der Waals surface area (Å²) < 4.78 is 11.8. The molecule has 0 rings (SSSR count). The monoisotopic (exact) mass is 286 g/mol. The van der Waals surface area contributed by atoms with E-state index in [-0.39, 0.29) is 5.41 Å². The molecule has 4 heteroatoms. The van der Waals surface area contributed by atoms with Gasteiger partial charge in [-0.15, -0.1) is 0 Å². The molecule has 0 spiro atoms. The van der Waals surface area contributed by atoms with Gasteiger partial charge in [0.2, 0.25) is 16.6 Å². The minimum atomic E-state index is -1.58. The highest BCUT2D eigenvalue weighted by atomic mass is 28.4. The molecule has 0 radical (unpaired) electrons. The Kier molecular flexibility index (Phi) is 5.94. The van der Waals surface area contributed by atoms with E-state index >= 15 is 0 Å². The Morgan fingerprint density at radius 3 is 1.72 bits per heavy atom. The molecule has 0 aromatic carbocycles. The summed E-state index contributed by atoms with van der Waals surface area (Å²) in [7, 11) is -3.08. The van der Waals surface area contributed by atoms with Gasteiger partial charge >= 0.3 is 0 Å². The lowest BCUT2D eigenvalue weighted by atomic mass is 9.96. The van der Waals surface area contributed by atoms with Crippen molar-refractivity contribution in [2.45, 2.75) is 60.1 Å². The molecule has 0 aliphatic heterocycles. The topological polar surface area (TPSA) is 18.5 Å². The van der Waals surface area contributed by atoms with E-state index in [1.165, 1.54) is 0 Å². The van der Waals surface area contributed by atoms with E-state index in [9.17, 15) is 0 Å². The summed E-state index contributed by atoms with van der Waals surface area (Å²) in [5.41, 5.74) is 0.110. The van der Waals surface area contributed by atoms with Crippen molar-refractivity contribution in [2.24, 2.45) is 5.41 Å². The minimum absolute atomic E-state index is 0.110. The molecule has 0 N–H and O–H groups in total. The molecular formula is C14H30O2Si2. The maximum Gasteiger partial charge on any atom is 0.242 e. The maximum atomic E-state index is 6.08. The molecule has 18 heavy (non-hydrogen) atoms. The molecular weight excluding hydrogens is 256 g/mol. The van der Waals surface area contributed by atoms with Crippen molar-refractivity contribution in [1.82, 2.24) is 0 Å². The molecule has 0 saturated heterocycles. The van der Waals surface area contributed by atoms with Crippen LogP contribution in [0.3, 0.4) is 0 Å². The van der Waals surface area contributed by atoms with Gasteiger partial charge in [-0.2, -0.15) is 0 Å². The van der Waals surface area contributed by atoms with Crippen LogP contribution in [0.1, 0.15) is 20.8 Å². The fourth-order valence-electron chi connectivity index (χ4n) is 1.20. The van der Waals surface area contributed by atoms with Crippen molar-refractivity contribution in [3.63, 3.8) is 0 Å². The van der Waals surface area contributed by atoms with E-state index in [0.29, 0.717) is 0 Å². The van der Waals surface area contributed by atoms with Gasteiger partial charge in [0, 0.05) is 6.08 Å². The highest BCUT2D eigenvalue weighted by molar-refractivity contribution is 6.70. The van der Waals surface area contributed by atoms with Gasteiger partial charge in [0.1, 0.15) is 5.76 Å². The zero-order valence-electron chi connectivity index (χ0n) is 13.5. The molecule has 2 nitrogen and oxygen atoms in total. The van der Waals surface area contributed by atoms with Gasteiger partial charge in [0.05, 0.1) is 6.26 Å². The van der Waals surface area contributed by atoms with Crippen molar-refractivity contribution in [1.29, 1.82) is 0 Å². The van der Waals surface area contributed by atoms with Crippen molar-refractivity contribution in [3.8, 4) is 0 Å². The smallest absolute Gasteiger partial charge is 0.242 e. The third-order valence-electron chi connectivity index (χ3n) is 1.65. The number of hydrogen-bond acceptors (Lipinski definition) is 2. The molecule has 0 aliphatic carbocycles. The largest absolute Gasteiger partial charge is 0.550 e. The van der Waals surface area contributed by atoms with Crippen LogP contribution >= 0.6 is 0 Å². The Morgan fingerprint density at radius 1 is 0.889 bits per heavy atom. The van der Waals surface area contributed by atoms with Gasteiger partial charge in [-0.05, 0) is 50.8 Å². The Hall–Kier alpha value is -0.486. The number of rotatable bonds is 5. The molecule has 0 aliphatic rings. The first-order chi connectivity index (χ1) is 7.79. The Labute approximate surface area is 115 Å². The van der Waals surface area contributed by atoms with Crippen LogP contribution in [0.4, 0.5) is 0 Å². The molecule has 0 atom stereocenters. The Bertz CT molecular complexity index is 312. The van der Waals surface area contributed by atoms with Crippen LogP contribution in [0.5, 0.6) is 0 Å². The normalized spacial score (nSPS) is 15.1. The van der Waals surface area contributed by atoms with Crippen LogP contribution in [-0.2, 0) is 8.85 Å². The Balaban J connectivity index is 4.86. The third kappa shape index (κ3) is 12.0. The van der Waals surface area contributed by atoms with E-state index in [0.717, 1.165) is 5.76 Å². The van der Waals surface area contributed by atoms with Crippen LogP contribution in [0.15, 0.2) is 24.2 Å². The molecule has 0 aromatic heterocycles. The first-order valence-electron chi connectivity index (χ1n) is 6.55. The molecule has 0 saturated carbocycles. The second-order valence-corrected chi connectivity index (χ2v) is 16.5. The minimum Gasteiger partial charge on any atom is -0.550 e. The summed E-state index contributed by atoms with van der Waals surface area (Å²) >= 11 is 0. The van der Waals surface area contributed by atoms with Crippen molar-refractivity contribution >= 4 is 16.6 Å². The molecule has 106 valence electrons. The van der Waals surface area contributed by atoms with E-state index in [1.54, 1.807) is 6.26 Å². The van der Waals surface area contributed by atoms with Crippen molar-refractivity contribution in [3.05, 3.63) is 24.2 Å². The van der Waals surface area contributed by atoms with Gasteiger partial charge in [0.15, 0.2) is 0 Å². The van der Waals surface area contributed by atoms with Crippen molar-refractivity contribution in [2.75, 3.05) is 0 Å². The summed E-state index contributed by atoms with van der Waals surface area (Å²) in [5.74, 6) is 0.930. The predicted octanol–water partition coefficient (Wildman–Crippen LogP) is 5.13. The summed E-state index contributed by atoms with van der Waals surface area (Å²) in [5, 5.41) is 0. The summed E-state index contributed by atoms with van der Waals surface area (Å²) in [6, 6.07) is 0. The van der Waals surface area contributed by atoms with E-state index < -0.39 is 16.6 Å². The lowest BCUT2D eigenvalue weighted by Gasteiger charge is -2.23. The van der Waals surface area contributed by atoms with Crippen molar-refractivity contribution < 1.29 is 8.85 Å². The zero-order chi connectivity index (χ0) is 14.6. The van der Waals surface area contributed by atoms with Crippen LogP contribution < -0.4 is 0 Å². The summed E-state index contributed by atoms with van der Waals surface area (Å²) in [6.45, 7) is 19.6. The molecule has 0 bridgehead atoms. The van der Waals surface area contributed by atoms with Gasteiger partial charge in [-0.1, -0.05) is 20.8 Å². The standard InChI is InChI=1S/C14H30O2Si2/c1-14(2,3)12-13(16-18(7,8)9)10-11-15-17(4,5)6/h10-12H,1-9H3/b11-10+,13-12+. The fourth-order valence-corrected chi connectivity index (χ4v) is 2.51. The molecule has 0 amide bonds. The van der Waals surface area contributed by atoms with E-state index in [1.807, 2.05) is 6.08 Å². The van der Waals surface area contributed by atoms with Crippen LogP contribution in [0, 0.1) is 5.41 Å². The third-order valence-corrected chi connectivity index (χ3v) is 3.34. The zero-order valence-corrected chi connectivity index (χ0v) is 15.5. The average molecular weight is 287 g/mol. The highest BCUT2D eigenvalue weighted by Gasteiger charge is 2.19. The summed E-state index contributed by atoms with van der Waals surface area (Å²) in [4.78, 5) is 0. The second kappa shape index (κ2) is 6.11. The van der Waals surface area contributed by atoms with Crippen LogP contribution in [0.25, 0.3) is 0 Å². The maximum absolute atomic E-state index is 6.08. The number of allylic oxidation sites excluding steroid dienone is 2. The molecule has 0 aromatic rings. The van der Waals surface area contributed by atoms with Gasteiger partial charge in [-0.25, -0.2) is 0 Å². The average Bonchev–Trinajstić information content (AvgIpc) is 1.93. The molecule has 0 fully saturated rings. The van der Waals surface area contributed by atoms with Crippen LogP contribution in [-0.4, -0.2) is 16.6 Å². The second-order valence-electron chi connectivity index (χ2n) is 7.66. The lowest BCUT2D eigenvalue weighted by molar-refractivity contribution is 0.411. The fraction of sp³-hybridized carbons (Fsp3) is 0.714.